The van der Waals surface area contributed by atoms with Crippen LogP contribution in [-0.2, 0) is 17.8 Å². The van der Waals surface area contributed by atoms with Gasteiger partial charge in [0, 0.05) is 5.56 Å². The fourth-order valence-electron chi connectivity index (χ4n) is 3.33. The topological polar surface area (TPSA) is 69.2 Å². The first kappa shape index (κ1) is 24.8. The molecule has 3 rings (SSSR count). The van der Waals surface area contributed by atoms with Crippen molar-refractivity contribution in [3.8, 4) is 17.2 Å². The van der Waals surface area contributed by atoms with Crippen LogP contribution in [0.5, 0.6) is 17.2 Å². The van der Waals surface area contributed by atoms with Crippen LogP contribution in [0.1, 0.15) is 42.9 Å². The van der Waals surface area contributed by atoms with E-state index in [1.54, 1.807) is 13.3 Å². The average Bonchev–Trinajstić information content (AvgIpc) is 2.88. The average molecular weight is 461 g/mol. The minimum absolute atomic E-state index is 0.111. The van der Waals surface area contributed by atoms with E-state index >= 15 is 0 Å². The number of aryl methyl sites for hydroxylation is 1. The molecule has 34 heavy (non-hydrogen) atoms. The van der Waals surface area contributed by atoms with E-state index in [1.165, 1.54) is 24.8 Å². The van der Waals surface area contributed by atoms with Crippen LogP contribution in [0, 0.1) is 0 Å². The molecule has 0 radical (unpaired) electrons. The molecule has 1 amide bonds. The molecule has 0 unspecified atom stereocenters. The van der Waals surface area contributed by atoms with Gasteiger partial charge in [0.15, 0.2) is 6.61 Å². The van der Waals surface area contributed by atoms with Gasteiger partial charge in [0.25, 0.3) is 5.91 Å². The Hall–Kier alpha value is -3.80. The number of hydrazone groups is 1. The summed E-state index contributed by atoms with van der Waals surface area (Å²) < 4.78 is 16.8. The molecule has 1 N–H and O–H groups in total. The molecule has 0 aliphatic heterocycles. The molecule has 0 aliphatic rings. The zero-order valence-electron chi connectivity index (χ0n) is 19.8. The maximum Gasteiger partial charge on any atom is 0.277 e. The van der Waals surface area contributed by atoms with Crippen molar-refractivity contribution in [1.29, 1.82) is 0 Å². The van der Waals surface area contributed by atoms with Crippen molar-refractivity contribution in [1.82, 2.24) is 5.43 Å². The van der Waals surface area contributed by atoms with E-state index in [2.05, 4.69) is 17.5 Å². The summed E-state index contributed by atoms with van der Waals surface area (Å²) in [4.78, 5) is 12.1. The zero-order valence-corrected chi connectivity index (χ0v) is 19.8. The van der Waals surface area contributed by atoms with Crippen molar-refractivity contribution in [2.24, 2.45) is 5.10 Å². The Bertz CT molecular complexity index is 1060. The molecule has 6 nitrogen and oxygen atoms in total. The summed E-state index contributed by atoms with van der Waals surface area (Å²) in [5.41, 5.74) is 5.52. The Kier molecular flexibility index (Phi) is 9.99. The highest BCUT2D eigenvalue weighted by atomic mass is 16.5. The quantitative estimate of drug-likeness (QED) is 0.207. The van der Waals surface area contributed by atoms with E-state index in [1.807, 2.05) is 72.8 Å². The Labute approximate surface area is 201 Å². The molecule has 0 fully saturated rings. The predicted octanol–water partition coefficient (Wildman–Crippen LogP) is 5.54. The first-order valence-corrected chi connectivity index (χ1v) is 11.6. The molecule has 0 atom stereocenters. The number of rotatable bonds is 13. The van der Waals surface area contributed by atoms with Crippen LogP contribution in [0.2, 0.25) is 0 Å². The minimum Gasteiger partial charge on any atom is -0.497 e. The zero-order chi connectivity index (χ0) is 24.0. The van der Waals surface area contributed by atoms with Crippen LogP contribution in [0.4, 0.5) is 0 Å². The Morgan fingerprint density at radius 2 is 1.74 bits per heavy atom. The highest BCUT2D eigenvalue weighted by Gasteiger charge is 2.05. The van der Waals surface area contributed by atoms with Crippen molar-refractivity contribution in [3.05, 3.63) is 89.5 Å². The highest BCUT2D eigenvalue weighted by molar-refractivity contribution is 5.85. The number of nitrogens with zero attached hydrogens (tertiary/aromatic N) is 1. The van der Waals surface area contributed by atoms with Crippen LogP contribution in [0.25, 0.3) is 0 Å². The Morgan fingerprint density at radius 3 is 2.53 bits per heavy atom. The monoisotopic (exact) mass is 460 g/mol. The maximum atomic E-state index is 12.1. The number of benzene rings is 3. The molecule has 0 spiro atoms. The standard InChI is InChI=1S/C28H32N2O4/c1-3-4-5-9-22-14-16-25(17-15-22)33-21-28(31)30-29-19-24-11-6-7-13-27(24)34-20-23-10-8-12-26(18-23)32-2/h6-8,10-19H,3-5,9,20-21H2,1-2H3,(H,30,31). The first-order chi connectivity index (χ1) is 16.7. The summed E-state index contributed by atoms with van der Waals surface area (Å²) in [6.07, 6.45) is 6.25. The fourth-order valence-corrected chi connectivity index (χ4v) is 3.33. The van der Waals surface area contributed by atoms with Crippen molar-refractivity contribution in [3.63, 3.8) is 0 Å². The SMILES string of the molecule is CCCCCc1ccc(OCC(=O)NN=Cc2ccccc2OCc2cccc(OC)c2)cc1. The number of para-hydroxylation sites is 1. The largest absolute Gasteiger partial charge is 0.497 e. The third-order valence-electron chi connectivity index (χ3n) is 5.20. The number of nitrogens with one attached hydrogen (secondary N) is 1. The van der Waals surface area contributed by atoms with Crippen LogP contribution in [-0.4, -0.2) is 25.8 Å². The lowest BCUT2D eigenvalue weighted by atomic mass is 10.1. The molecule has 0 heterocycles. The van der Waals surface area contributed by atoms with Gasteiger partial charge in [-0.05, 0) is 60.4 Å². The highest BCUT2D eigenvalue weighted by Crippen LogP contribution is 2.19. The van der Waals surface area contributed by atoms with Gasteiger partial charge in [-0.25, -0.2) is 5.43 Å². The number of amides is 1. The maximum absolute atomic E-state index is 12.1. The van der Waals surface area contributed by atoms with E-state index in [-0.39, 0.29) is 12.5 Å². The van der Waals surface area contributed by atoms with E-state index in [0.717, 1.165) is 23.3 Å². The summed E-state index contributed by atoms with van der Waals surface area (Å²) in [5.74, 6) is 1.77. The lowest BCUT2D eigenvalue weighted by Crippen LogP contribution is -2.24. The third-order valence-corrected chi connectivity index (χ3v) is 5.20. The summed E-state index contributed by atoms with van der Waals surface area (Å²) in [6, 6.07) is 23.1. The van der Waals surface area contributed by atoms with Crippen LogP contribution in [0.15, 0.2) is 77.9 Å². The second-order valence-electron chi connectivity index (χ2n) is 7.86. The van der Waals surface area contributed by atoms with Crippen molar-refractivity contribution < 1.29 is 19.0 Å². The Balaban J connectivity index is 1.46. The smallest absolute Gasteiger partial charge is 0.277 e. The molecule has 3 aromatic rings. The molecule has 0 aliphatic carbocycles. The van der Waals surface area contributed by atoms with Crippen LogP contribution < -0.4 is 19.6 Å². The molecule has 6 heteroatoms. The summed E-state index contributed by atoms with van der Waals surface area (Å²) in [5, 5.41) is 4.05. The van der Waals surface area contributed by atoms with E-state index in [0.29, 0.717) is 18.1 Å². The predicted molar refractivity (Wildman–Crippen MR) is 135 cm³/mol. The normalized spacial score (nSPS) is 10.8. The van der Waals surface area contributed by atoms with Crippen molar-refractivity contribution in [2.45, 2.75) is 39.2 Å². The molecule has 0 aromatic heterocycles. The van der Waals surface area contributed by atoms with Crippen LogP contribution in [0.3, 0.4) is 0 Å². The van der Waals surface area contributed by atoms with Gasteiger partial charge in [0.2, 0.25) is 0 Å². The summed E-state index contributed by atoms with van der Waals surface area (Å²) in [6.45, 7) is 2.47. The lowest BCUT2D eigenvalue weighted by Gasteiger charge is -2.10. The van der Waals surface area contributed by atoms with Crippen molar-refractivity contribution in [2.75, 3.05) is 13.7 Å². The molecular weight excluding hydrogens is 428 g/mol. The molecule has 178 valence electrons. The number of hydrogen-bond donors (Lipinski definition) is 1. The number of methoxy groups -OCH3 is 1. The molecule has 0 bridgehead atoms. The number of unbranched alkanes of at least 4 members (excludes halogenated alkanes) is 2. The van der Waals surface area contributed by atoms with Gasteiger partial charge in [-0.2, -0.15) is 5.10 Å². The number of ether oxygens (including phenoxy) is 3. The lowest BCUT2D eigenvalue weighted by molar-refractivity contribution is -0.123. The molecule has 0 saturated carbocycles. The second-order valence-corrected chi connectivity index (χ2v) is 7.86. The van der Waals surface area contributed by atoms with Gasteiger partial charge in [0.1, 0.15) is 23.9 Å². The number of hydrogen-bond acceptors (Lipinski definition) is 5. The van der Waals surface area contributed by atoms with Gasteiger partial charge in [-0.1, -0.05) is 56.2 Å². The number of carbonyl (C=O) groups excluding carboxylic acids is 1. The van der Waals surface area contributed by atoms with Gasteiger partial charge in [0.05, 0.1) is 13.3 Å². The number of carbonyl (C=O) groups is 1. The van der Waals surface area contributed by atoms with E-state index in [4.69, 9.17) is 14.2 Å². The van der Waals surface area contributed by atoms with E-state index < -0.39 is 0 Å². The summed E-state index contributed by atoms with van der Waals surface area (Å²) >= 11 is 0. The van der Waals surface area contributed by atoms with Crippen LogP contribution >= 0.6 is 0 Å². The molecular formula is C28H32N2O4. The minimum atomic E-state index is -0.335. The van der Waals surface area contributed by atoms with E-state index in [9.17, 15) is 4.79 Å². The third kappa shape index (κ3) is 8.28. The van der Waals surface area contributed by atoms with Gasteiger partial charge < -0.3 is 14.2 Å². The van der Waals surface area contributed by atoms with Crippen molar-refractivity contribution >= 4 is 12.1 Å². The van der Waals surface area contributed by atoms with Gasteiger partial charge in [-0.3, -0.25) is 4.79 Å². The first-order valence-electron chi connectivity index (χ1n) is 11.6. The fraction of sp³-hybridized carbons (Fsp3) is 0.286. The molecule has 0 saturated heterocycles. The second kappa shape index (κ2) is 13.7. The summed E-state index contributed by atoms with van der Waals surface area (Å²) in [7, 11) is 1.64. The van der Waals surface area contributed by atoms with Gasteiger partial charge in [-0.15, -0.1) is 0 Å². The molecule has 3 aromatic carbocycles. The van der Waals surface area contributed by atoms with Gasteiger partial charge >= 0.3 is 0 Å². The Morgan fingerprint density at radius 1 is 0.912 bits per heavy atom.